The number of aryl methyl sites for hydroxylation is 1. The maximum absolute atomic E-state index is 12.4. The number of hydrogen-bond donors (Lipinski definition) is 2. The van der Waals surface area contributed by atoms with Gasteiger partial charge in [0.25, 0.3) is 0 Å². The predicted octanol–water partition coefficient (Wildman–Crippen LogP) is 9.66. The van der Waals surface area contributed by atoms with Crippen LogP contribution in [0.3, 0.4) is 0 Å². The summed E-state index contributed by atoms with van der Waals surface area (Å²) < 4.78 is 2.32. The number of unbranched alkanes of at least 4 members (excludes halogenated alkanes) is 13. The van der Waals surface area contributed by atoms with Gasteiger partial charge in [0.1, 0.15) is 11.3 Å². The number of para-hydroxylation sites is 1. The van der Waals surface area contributed by atoms with Gasteiger partial charge in [0.2, 0.25) is 5.91 Å². The Labute approximate surface area is 265 Å². The number of benzene rings is 2. The van der Waals surface area contributed by atoms with Crippen molar-refractivity contribution in [1.29, 1.82) is 0 Å². The van der Waals surface area contributed by atoms with Crippen LogP contribution in [-0.4, -0.2) is 20.4 Å². The van der Waals surface area contributed by atoms with E-state index in [4.69, 9.17) is 10.7 Å². The summed E-state index contributed by atoms with van der Waals surface area (Å²) in [5.74, 6) is 1.69. The van der Waals surface area contributed by atoms with E-state index in [1.54, 1.807) is 0 Å². The first kappa shape index (κ1) is 33.5. The highest BCUT2D eigenvalue weighted by Gasteiger charge is 2.17. The lowest BCUT2D eigenvalue weighted by Gasteiger charge is -2.12. The summed E-state index contributed by atoms with van der Waals surface area (Å²) in [5.41, 5.74) is 11.4. The molecule has 0 unspecified atom stereocenters. The lowest BCUT2D eigenvalue weighted by molar-refractivity contribution is -0.121. The van der Waals surface area contributed by atoms with Gasteiger partial charge < -0.3 is 15.6 Å². The minimum absolute atomic E-state index is 0.153. The van der Waals surface area contributed by atoms with Gasteiger partial charge in [-0.1, -0.05) is 140 Å². The van der Waals surface area contributed by atoms with Crippen molar-refractivity contribution in [2.75, 3.05) is 5.73 Å². The summed E-state index contributed by atoms with van der Waals surface area (Å²) in [6.07, 6.45) is 20.9. The molecule has 0 saturated carbocycles. The first-order valence-electron chi connectivity index (χ1n) is 17.5. The number of anilines is 1. The Morgan fingerprint density at radius 2 is 1.32 bits per heavy atom. The molecule has 0 aliphatic rings. The van der Waals surface area contributed by atoms with Crippen molar-refractivity contribution in [2.24, 2.45) is 0 Å². The van der Waals surface area contributed by atoms with Gasteiger partial charge in [-0.15, -0.1) is 0 Å². The standard InChI is InChI=1S/C38H55N5O/c1-3-5-7-8-9-10-11-12-13-14-15-16-17-23-35(44)40-28-30-24-26-31(27-25-30)29-43-34(22-6-4-2)42-36-37(43)32-20-18-19-21-33(32)41-38(36)39/h18-21,24-27H,3-17,22-23,28-29H2,1-2H3,(H2,39,41)(H,40,44). The molecule has 3 N–H and O–H groups in total. The average Bonchev–Trinajstić information content (AvgIpc) is 3.40. The zero-order valence-electron chi connectivity index (χ0n) is 27.4. The summed E-state index contributed by atoms with van der Waals surface area (Å²) in [7, 11) is 0. The van der Waals surface area contributed by atoms with Gasteiger partial charge in [-0.3, -0.25) is 4.79 Å². The number of carbonyl (C=O) groups excluding carboxylic acids is 1. The highest BCUT2D eigenvalue weighted by atomic mass is 16.1. The van der Waals surface area contributed by atoms with E-state index in [-0.39, 0.29) is 5.91 Å². The van der Waals surface area contributed by atoms with Gasteiger partial charge in [0.15, 0.2) is 5.82 Å². The molecule has 0 aliphatic carbocycles. The van der Waals surface area contributed by atoms with Gasteiger partial charge in [-0.2, -0.15) is 0 Å². The third kappa shape index (κ3) is 10.1. The molecule has 0 atom stereocenters. The molecule has 1 amide bonds. The summed E-state index contributed by atoms with van der Waals surface area (Å²) >= 11 is 0. The fourth-order valence-corrected chi connectivity index (χ4v) is 6.14. The lowest BCUT2D eigenvalue weighted by atomic mass is 10.0. The number of nitrogen functional groups attached to an aromatic ring is 1. The second kappa shape index (κ2) is 18.4. The van der Waals surface area contributed by atoms with E-state index in [1.807, 2.05) is 18.2 Å². The molecule has 0 aliphatic heterocycles. The SMILES string of the molecule is CCCCCCCCCCCCCCCC(=O)NCc1ccc(Cn2c(CCCC)nc3c(N)nc4ccccc4c32)cc1. The molecule has 2 aromatic carbocycles. The molecule has 4 aromatic rings. The molecule has 0 bridgehead atoms. The van der Waals surface area contributed by atoms with E-state index in [0.717, 1.165) is 65.4 Å². The normalized spacial score (nSPS) is 11.5. The maximum atomic E-state index is 12.4. The van der Waals surface area contributed by atoms with Crippen molar-refractivity contribution < 1.29 is 4.79 Å². The molecule has 4 rings (SSSR count). The third-order valence-corrected chi connectivity index (χ3v) is 8.80. The van der Waals surface area contributed by atoms with Gasteiger partial charge >= 0.3 is 0 Å². The Hall–Kier alpha value is -3.41. The van der Waals surface area contributed by atoms with Gasteiger partial charge in [0.05, 0.1) is 11.0 Å². The minimum atomic E-state index is 0.153. The number of hydrogen-bond acceptors (Lipinski definition) is 4. The van der Waals surface area contributed by atoms with Crippen molar-refractivity contribution in [3.8, 4) is 0 Å². The highest BCUT2D eigenvalue weighted by Crippen LogP contribution is 2.30. The average molecular weight is 598 g/mol. The minimum Gasteiger partial charge on any atom is -0.382 e. The van der Waals surface area contributed by atoms with Crippen molar-refractivity contribution in [2.45, 2.75) is 136 Å². The Kier molecular flexibility index (Phi) is 14.0. The van der Waals surface area contributed by atoms with Gasteiger partial charge in [-0.05, 0) is 30.0 Å². The monoisotopic (exact) mass is 597 g/mol. The molecule has 2 heterocycles. The van der Waals surface area contributed by atoms with Gasteiger partial charge in [-0.25, -0.2) is 9.97 Å². The van der Waals surface area contributed by atoms with Crippen molar-refractivity contribution in [1.82, 2.24) is 19.9 Å². The number of rotatable bonds is 21. The number of amides is 1. The van der Waals surface area contributed by atoms with Crippen LogP contribution in [0.4, 0.5) is 5.82 Å². The molecular weight excluding hydrogens is 542 g/mol. The predicted molar refractivity (Wildman–Crippen MR) is 186 cm³/mol. The summed E-state index contributed by atoms with van der Waals surface area (Å²) in [6, 6.07) is 16.7. The molecule has 0 spiro atoms. The van der Waals surface area contributed by atoms with Crippen LogP contribution >= 0.6 is 0 Å². The van der Waals surface area contributed by atoms with Crippen molar-refractivity contribution in [3.63, 3.8) is 0 Å². The van der Waals surface area contributed by atoms with E-state index >= 15 is 0 Å². The van der Waals surface area contributed by atoms with Crippen LogP contribution in [0, 0.1) is 0 Å². The van der Waals surface area contributed by atoms with Crippen LogP contribution in [0.5, 0.6) is 0 Å². The van der Waals surface area contributed by atoms with E-state index in [9.17, 15) is 4.79 Å². The second-order valence-electron chi connectivity index (χ2n) is 12.5. The number of aromatic nitrogens is 3. The molecule has 44 heavy (non-hydrogen) atoms. The number of carbonyl (C=O) groups is 1. The van der Waals surface area contributed by atoms with E-state index < -0.39 is 0 Å². The number of fused-ring (bicyclic) bond motifs is 3. The Morgan fingerprint density at radius 1 is 0.727 bits per heavy atom. The Bertz CT molecular complexity index is 1420. The number of pyridine rings is 1. The summed E-state index contributed by atoms with van der Waals surface area (Å²) in [5, 5.41) is 4.19. The maximum Gasteiger partial charge on any atom is 0.220 e. The molecule has 0 fully saturated rings. The summed E-state index contributed by atoms with van der Waals surface area (Å²) in [4.78, 5) is 22.0. The molecular formula is C38H55N5O. The molecule has 238 valence electrons. The second-order valence-corrected chi connectivity index (χ2v) is 12.5. The molecule has 6 nitrogen and oxygen atoms in total. The summed E-state index contributed by atoms with van der Waals surface area (Å²) in [6.45, 7) is 5.77. The third-order valence-electron chi connectivity index (χ3n) is 8.80. The number of nitrogens with two attached hydrogens (primary N) is 1. The fraction of sp³-hybridized carbons (Fsp3) is 0.553. The zero-order chi connectivity index (χ0) is 31.0. The molecule has 2 aromatic heterocycles. The lowest BCUT2D eigenvalue weighted by Crippen LogP contribution is -2.22. The number of imidazole rings is 1. The van der Waals surface area contributed by atoms with E-state index in [2.05, 4.69) is 59.0 Å². The van der Waals surface area contributed by atoms with E-state index in [1.165, 1.54) is 76.2 Å². The largest absolute Gasteiger partial charge is 0.382 e. The number of nitrogens with zero attached hydrogens (tertiary/aromatic N) is 3. The Morgan fingerprint density at radius 3 is 1.98 bits per heavy atom. The zero-order valence-corrected chi connectivity index (χ0v) is 27.4. The van der Waals surface area contributed by atoms with Crippen molar-refractivity contribution >= 4 is 33.7 Å². The van der Waals surface area contributed by atoms with Gasteiger partial charge in [0, 0.05) is 31.3 Å². The smallest absolute Gasteiger partial charge is 0.220 e. The molecule has 6 heteroatoms. The topological polar surface area (TPSA) is 85.8 Å². The van der Waals surface area contributed by atoms with Crippen LogP contribution in [0.25, 0.3) is 21.9 Å². The molecule has 0 radical (unpaired) electrons. The quantitative estimate of drug-likeness (QED) is 0.0936. The fourth-order valence-electron chi connectivity index (χ4n) is 6.14. The first-order valence-corrected chi connectivity index (χ1v) is 17.5. The highest BCUT2D eigenvalue weighted by molar-refractivity contribution is 6.06. The van der Waals surface area contributed by atoms with Crippen LogP contribution < -0.4 is 11.1 Å². The van der Waals surface area contributed by atoms with Crippen molar-refractivity contribution in [3.05, 3.63) is 65.5 Å². The Balaban J connectivity index is 1.20. The van der Waals surface area contributed by atoms with Crippen LogP contribution in [-0.2, 0) is 24.3 Å². The van der Waals surface area contributed by atoms with Crippen LogP contribution in [0.1, 0.15) is 134 Å². The first-order chi connectivity index (χ1) is 21.6. The van der Waals surface area contributed by atoms with Crippen LogP contribution in [0.2, 0.25) is 0 Å². The number of nitrogens with one attached hydrogen (secondary N) is 1. The molecule has 0 saturated heterocycles. The van der Waals surface area contributed by atoms with E-state index in [0.29, 0.717) is 25.3 Å². The van der Waals surface area contributed by atoms with Crippen LogP contribution in [0.15, 0.2) is 48.5 Å².